The van der Waals surface area contributed by atoms with Gasteiger partial charge in [0.15, 0.2) is 0 Å². The summed E-state index contributed by atoms with van der Waals surface area (Å²) in [6.07, 6.45) is -0.165. The number of carbonyl (C=O) groups is 1. The highest BCUT2D eigenvalue weighted by Gasteiger charge is 2.35. The van der Waals surface area contributed by atoms with Crippen molar-refractivity contribution in [3.8, 4) is 11.3 Å². The van der Waals surface area contributed by atoms with Crippen LogP contribution in [0.5, 0.6) is 0 Å². The quantitative estimate of drug-likeness (QED) is 0.582. The van der Waals surface area contributed by atoms with Crippen LogP contribution in [0.4, 0.5) is 18.9 Å². The average Bonchev–Trinajstić information content (AvgIpc) is 3.19. The minimum absolute atomic E-state index is 0.0478. The van der Waals surface area contributed by atoms with Crippen LogP contribution in [0.15, 0.2) is 53.3 Å². The van der Waals surface area contributed by atoms with E-state index in [0.29, 0.717) is 23.0 Å². The number of likely N-dealkylation sites (tertiary alicyclic amines) is 1. The molecule has 0 aliphatic carbocycles. The van der Waals surface area contributed by atoms with Gasteiger partial charge in [-0.15, -0.1) is 0 Å². The summed E-state index contributed by atoms with van der Waals surface area (Å²) in [5.41, 5.74) is -0.607. The van der Waals surface area contributed by atoms with Crippen LogP contribution in [0.1, 0.15) is 31.2 Å². The number of pyridine rings is 1. The Morgan fingerprint density at radius 3 is 2.47 bits per heavy atom. The maximum atomic E-state index is 13.5. The topological polar surface area (TPSA) is 56.4 Å². The molecule has 0 bridgehead atoms. The molecular weight excluding hydrogens is 443 g/mol. The van der Waals surface area contributed by atoms with Gasteiger partial charge in [0.1, 0.15) is 0 Å². The highest BCUT2D eigenvalue weighted by atomic mass is 19.4. The fraction of sp³-hybridized carbons (Fsp3) is 0.385. The number of aromatic nitrogens is 1. The first-order valence-electron chi connectivity index (χ1n) is 11.7. The van der Waals surface area contributed by atoms with Gasteiger partial charge in [-0.2, -0.15) is 13.2 Å². The van der Waals surface area contributed by atoms with Crippen molar-refractivity contribution in [1.82, 2.24) is 9.88 Å². The molecule has 1 unspecified atom stereocenters. The van der Waals surface area contributed by atoms with E-state index in [1.54, 1.807) is 29.2 Å². The number of fused-ring (bicyclic) bond motifs is 1. The second-order valence-electron chi connectivity index (χ2n) is 9.16. The number of nitrogens with zero attached hydrogens (tertiary/aromatic N) is 2. The lowest BCUT2D eigenvalue weighted by molar-refractivity contribution is -0.137. The van der Waals surface area contributed by atoms with Crippen LogP contribution in [-0.2, 0) is 11.0 Å². The van der Waals surface area contributed by atoms with Crippen molar-refractivity contribution in [3.63, 3.8) is 0 Å². The van der Waals surface area contributed by atoms with Gasteiger partial charge in [0.25, 0.3) is 5.56 Å². The number of alkyl halides is 3. The Hall–Kier alpha value is -3.13. The highest BCUT2D eigenvalue weighted by Crippen LogP contribution is 2.37. The third kappa shape index (κ3) is 4.34. The molecule has 2 saturated heterocycles. The van der Waals surface area contributed by atoms with Gasteiger partial charge in [-0.25, -0.2) is 0 Å². The molecular formula is C26H26F3N3O2. The monoisotopic (exact) mass is 469 g/mol. The van der Waals surface area contributed by atoms with Crippen LogP contribution < -0.4 is 10.5 Å². The highest BCUT2D eigenvalue weighted by molar-refractivity contribution is 5.99. The minimum Gasteiger partial charge on any atom is -0.321 e. The minimum atomic E-state index is -4.53. The Labute approximate surface area is 195 Å². The number of rotatable bonds is 4. The summed E-state index contributed by atoms with van der Waals surface area (Å²) in [5, 5.41) is 0.869. The zero-order valence-corrected chi connectivity index (χ0v) is 18.7. The summed E-state index contributed by atoms with van der Waals surface area (Å²) in [4.78, 5) is 32.6. The van der Waals surface area contributed by atoms with Gasteiger partial charge in [-0.05, 0) is 62.0 Å². The third-order valence-corrected chi connectivity index (χ3v) is 6.91. The summed E-state index contributed by atoms with van der Waals surface area (Å²) in [6.45, 7) is 3.44. The van der Waals surface area contributed by atoms with Crippen LogP contribution in [0.2, 0.25) is 0 Å². The molecule has 5 rings (SSSR count). The van der Waals surface area contributed by atoms with Crippen molar-refractivity contribution in [2.24, 2.45) is 5.92 Å². The Kier molecular flexibility index (Phi) is 5.93. The number of hydrogen-bond donors (Lipinski definition) is 1. The fourth-order valence-electron chi connectivity index (χ4n) is 5.14. The summed E-state index contributed by atoms with van der Waals surface area (Å²) in [5.74, 6) is 0.0189. The first kappa shape index (κ1) is 22.7. The van der Waals surface area contributed by atoms with Crippen LogP contribution in [0.3, 0.4) is 0 Å². The van der Waals surface area contributed by atoms with Crippen molar-refractivity contribution >= 4 is 22.4 Å². The Morgan fingerprint density at radius 2 is 1.71 bits per heavy atom. The lowest BCUT2D eigenvalue weighted by atomic mass is 10.0. The lowest BCUT2D eigenvalue weighted by Gasteiger charge is -2.28. The predicted molar refractivity (Wildman–Crippen MR) is 126 cm³/mol. The molecule has 8 heteroatoms. The van der Waals surface area contributed by atoms with Gasteiger partial charge in [0.05, 0.1) is 11.5 Å². The van der Waals surface area contributed by atoms with Crippen molar-refractivity contribution in [2.75, 3.05) is 31.1 Å². The molecule has 34 heavy (non-hydrogen) atoms. The zero-order valence-electron chi connectivity index (χ0n) is 18.7. The van der Waals surface area contributed by atoms with Gasteiger partial charge in [0.2, 0.25) is 5.91 Å². The number of hydrogen-bond acceptors (Lipinski definition) is 3. The molecule has 1 amide bonds. The fourth-order valence-corrected chi connectivity index (χ4v) is 5.14. The molecule has 2 aliphatic heterocycles. The standard InChI is InChI=1S/C26H26F3N3O2/c27-26(28,29)22-7-3-2-6-20(22)23-14-17-8-9-19(15-21(17)24(33)30-23)32-13-10-18(25(32)34)16-31-11-4-1-5-12-31/h2-3,6-9,14-15,18H,1,4-5,10-13,16H2,(H,30,33). The smallest absolute Gasteiger partial charge is 0.321 e. The maximum Gasteiger partial charge on any atom is 0.417 e. The number of anilines is 1. The SMILES string of the molecule is O=C1C(CN2CCCCC2)CCN1c1ccc2cc(-c3ccccc3C(F)(F)F)[nH]c(=O)c2c1. The van der Waals surface area contributed by atoms with E-state index in [2.05, 4.69) is 9.88 Å². The number of H-pyrrole nitrogens is 1. The van der Waals surface area contributed by atoms with Crippen LogP contribution in [0.25, 0.3) is 22.0 Å². The maximum absolute atomic E-state index is 13.5. The number of piperidine rings is 1. The molecule has 1 atom stereocenters. The van der Waals surface area contributed by atoms with Crippen LogP contribution in [-0.4, -0.2) is 42.0 Å². The molecule has 0 saturated carbocycles. The molecule has 2 fully saturated rings. The van der Waals surface area contributed by atoms with E-state index in [-0.39, 0.29) is 23.1 Å². The van der Waals surface area contributed by atoms with Gasteiger partial charge in [-0.3, -0.25) is 9.59 Å². The van der Waals surface area contributed by atoms with Crippen molar-refractivity contribution in [2.45, 2.75) is 31.9 Å². The van der Waals surface area contributed by atoms with Crippen LogP contribution >= 0.6 is 0 Å². The number of carbonyl (C=O) groups excluding carboxylic acids is 1. The molecule has 1 N–H and O–H groups in total. The molecule has 2 aliphatic rings. The van der Waals surface area contributed by atoms with E-state index in [1.807, 2.05) is 0 Å². The first-order valence-corrected chi connectivity index (χ1v) is 11.7. The molecule has 178 valence electrons. The van der Waals surface area contributed by atoms with Gasteiger partial charge in [0, 0.05) is 35.4 Å². The van der Waals surface area contributed by atoms with Crippen molar-refractivity contribution < 1.29 is 18.0 Å². The molecule has 3 aromatic rings. The molecule has 1 aromatic heterocycles. The average molecular weight is 470 g/mol. The van der Waals surface area contributed by atoms with Gasteiger partial charge >= 0.3 is 6.18 Å². The number of nitrogens with one attached hydrogen (secondary N) is 1. The number of amides is 1. The molecule has 0 radical (unpaired) electrons. The summed E-state index contributed by atoms with van der Waals surface area (Å²) >= 11 is 0. The van der Waals surface area contributed by atoms with Crippen molar-refractivity contribution in [1.29, 1.82) is 0 Å². The molecule has 2 aromatic carbocycles. The number of benzene rings is 2. The molecule has 5 nitrogen and oxygen atoms in total. The normalized spacial score (nSPS) is 19.8. The second-order valence-corrected chi connectivity index (χ2v) is 9.16. The van der Waals surface area contributed by atoms with Crippen LogP contribution in [0, 0.1) is 5.92 Å². The second kappa shape index (κ2) is 8.91. The van der Waals surface area contributed by atoms with E-state index < -0.39 is 17.3 Å². The Balaban J connectivity index is 1.43. The van der Waals surface area contributed by atoms with E-state index >= 15 is 0 Å². The largest absolute Gasteiger partial charge is 0.417 e. The molecule has 0 spiro atoms. The number of aromatic amines is 1. The third-order valence-electron chi connectivity index (χ3n) is 6.91. The first-order chi connectivity index (χ1) is 16.3. The van der Waals surface area contributed by atoms with E-state index in [4.69, 9.17) is 0 Å². The number of halogens is 3. The predicted octanol–water partition coefficient (Wildman–Crippen LogP) is 5.05. The van der Waals surface area contributed by atoms with Gasteiger partial charge in [-0.1, -0.05) is 30.7 Å². The van der Waals surface area contributed by atoms with Crippen molar-refractivity contribution in [3.05, 3.63) is 64.4 Å². The Bertz CT molecular complexity index is 1280. The van der Waals surface area contributed by atoms with E-state index in [1.165, 1.54) is 37.5 Å². The summed E-state index contributed by atoms with van der Waals surface area (Å²) in [6, 6.07) is 11.9. The molecule has 3 heterocycles. The summed E-state index contributed by atoms with van der Waals surface area (Å²) in [7, 11) is 0. The van der Waals surface area contributed by atoms with E-state index in [9.17, 15) is 22.8 Å². The lowest BCUT2D eigenvalue weighted by Crippen LogP contribution is -2.37. The zero-order chi connectivity index (χ0) is 23.9. The van der Waals surface area contributed by atoms with E-state index in [0.717, 1.165) is 32.1 Å². The van der Waals surface area contributed by atoms with Gasteiger partial charge < -0.3 is 14.8 Å². The summed E-state index contributed by atoms with van der Waals surface area (Å²) < 4.78 is 40.4. The Morgan fingerprint density at radius 1 is 0.941 bits per heavy atom.